The lowest BCUT2D eigenvalue weighted by molar-refractivity contribution is 1.01. The molecule has 0 aliphatic rings. The molecule has 0 saturated heterocycles. The molecule has 0 bridgehead atoms. The first-order valence-electron chi connectivity index (χ1n) is 19.8. The zero-order valence-corrected chi connectivity index (χ0v) is 31.4. The van der Waals surface area contributed by atoms with Crippen LogP contribution in [0.5, 0.6) is 0 Å². The molecule has 4 heteroatoms. The van der Waals surface area contributed by atoms with Crippen LogP contribution in [0.4, 0.5) is 0 Å². The normalized spacial score (nSPS) is 11.8. The van der Waals surface area contributed by atoms with E-state index in [1.165, 1.54) is 54.8 Å². The van der Waals surface area contributed by atoms with E-state index in [0.29, 0.717) is 5.95 Å². The summed E-state index contributed by atoms with van der Waals surface area (Å²) >= 11 is 0. The number of benzene rings is 9. The molecule has 3 heterocycles. The molecule has 9 aromatic carbocycles. The average molecular weight is 739 g/mol. The largest absolute Gasteiger partial charge is 0.309 e. The van der Waals surface area contributed by atoms with E-state index in [4.69, 9.17) is 9.97 Å². The second-order valence-electron chi connectivity index (χ2n) is 15.0. The molecule has 0 fully saturated rings. The molecule has 0 saturated carbocycles. The molecule has 0 amide bonds. The molecular formula is C54H34N4. The predicted octanol–water partition coefficient (Wildman–Crippen LogP) is 14.0. The zero-order chi connectivity index (χ0) is 38.2. The Bertz CT molecular complexity index is 3540. The molecule has 0 N–H and O–H groups in total. The highest BCUT2D eigenvalue weighted by molar-refractivity contribution is 6.22. The van der Waals surface area contributed by atoms with Crippen LogP contribution < -0.4 is 0 Å². The van der Waals surface area contributed by atoms with Crippen molar-refractivity contribution in [1.82, 2.24) is 19.1 Å². The van der Waals surface area contributed by atoms with Crippen molar-refractivity contribution in [2.24, 2.45) is 0 Å². The monoisotopic (exact) mass is 738 g/mol. The third kappa shape index (κ3) is 4.95. The number of rotatable bonds is 5. The van der Waals surface area contributed by atoms with E-state index >= 15 is 0 Å². The van der Waals surface area contributed by atoms with Gasteiger partial charge in [-0.2, -0.15) is 0 Å². The lowest BCUT2D eigenvalue weighted by atomic mass is 9.94. The molecule has 0 spiro atoms. The van der Waals surface area contributed by atoms with Crippen molar-refractivity contribution >= 4 is 65.3 Å². The van der Waals surface area contributed by atoms with Crippen LogP contribution in [0, 0.1) is 0 Å². The summed E-state index contributed by atoms with van der Waals surface area (Å²) in [6.45, 7) is 0. The van der Waals surface area contributed by atoms with Crippen LogP contribution in [0.25, 0.3) is 110 Å². The summed E-state index contributed by atoms with van der Waals surface area (Å²) in [6.07, 6.45) is 0. The highest BCUT2D eigenvalue weighted by Crippen LogP contribution is 2.43. The van der Waals surface area contributed by atoms with Crippen LogP contribution in [-0.2, 0) is 0 Å². The highest BCUT2D eigenvalue weighted by atomic mass is 15.2. The van der Waals surface area contributed by atoms with Crippen molar-refractivity contribution < 1.29 is 0 Å². The third-order valence-corrected chi connectivity index (χ3v) is 11.7. The summed E-state index contributed by atoms with van der Waals surface area (Å²) in [5.41, 5.74) is 13.3. The van der Waals surface area contributed by atoms with Gasteiger partial charge in [0.2, 0.25) is 5.95 Å². The van der Waals surface area contributed by atoms with Crippen molar-refractivity contribution in [3.8, 4) is 45.1 Å². The Morgan fingerprint density at radius 1 is 0.310 bits per heavy atom. The Kier molecular flexibility index (Phi) is 7.20. The van der Waals surface area contributed by atoms with Gasteiger partial charge < -0.3 is 4.57 Å². The summed E-state index contributed by atoms with van der Waals surface area (Å²) in [7, 11) is 0. The Morgan fingerprint density at radius 2 is 0.845 bits per heavy atom. The number of fused-ring (bicyclic) bond motifs is 9. The standard InChI is InChI=1S/C54H34N4/c1-3-15-35(16-4-1)36-27-29-37(30-28-36)52-44-23-9-12-24-48(44)55-54(56-52)58-50-26-14-10-20-41(50)46-33-38(31-32-51(46)58)45-34-47-42-21-11-13-25-49(42)57(39-17-5-2-6-18-39)53(47)43-22-8-7-19-40(43)45/h1-34H. The number of nitrogens with zero attached hydrogens (tertiary/aromatic N) is 4. The highest BCUT2D eigenvalue weighted by Gasteiger charge is 2.21. The van der Waals surface area contributed by atoms with Gasteiger partial charge in [0, 0.05) is 43.6 Å². The predicted molar refractivity (Wildman–Crippen MR) is 242 cm³/mol. The molecule has 12 rings (SSSR count). The fourth-order valence-electron chi connectivity index (χ4n) is 9.10. The molecular weight excluding hydrogens is 705 g/mol. The van der Waals surface area contributed by atoms with Gasteiger partial charge in [0.15, 0.2) is 0 Å². The van der Waals surface area contributed by atoms with Crippen LogP contribution in [-0.4, -0.2) is 19.1 Å². The van der Waals surface area contributed by atoms with Crippen molar-refractivity contribution in [2.45, 2.75) is 0 Å². The quantitative estimate of drug-likeness (QED) is 0.176. The molecule has 270 valence electrons. The van der Waals surface area contributed by atoms with Gasteiger partial charge in [-0.3, -0.25) is 4.57 Å². The minimum atomic E-state index is 0.653. The van der Waals surface area contributed by atoms with Crippen molar-refractivity contribution in [3.05, 3.63) is 206 Å². The van der Waals surface area contributed by atoms with E-state index in [0.717, 1.165) is 49.7 Å². The minimum absolute atomic E-state index is 0.653. The SMILES string of the molecule is c1ccc(-c2ccc(-c3nc(-n4c5ccccc5c5cc(-c6cc7c8ccccc8n(-c8ccccc8)c7c7ccccc67)ccc54)nc4ccccc34)cc2)cc1. The summed E-state index contributed by atoms with van der Waals surface area (Å²) in [6, 6.07) is 73.8. The van der Waals surface area contributed by atoms with E-state index in [1.807, 2.05) is 0 Å². The Labute approximate surface area is 334 Å². The lowest BCUT2D eigenvalue weighted by Gasteiger charge is -2.13. The number of hydrogen-bond donors (Lipinski definition) is 0. The topological polar surface area (TPSA) is 35.6 Å². The third-order valence-electron chi connectivity index (χ3n) is 11.7. The lowest BCUT2D eigenvalue weighted by Crippen LogP contribution is -2.03. The van der Waals surface area contributed by atoms with Gasteiger partial charge in [-0.1, -0.05) is 158 Å². The number of aromatic nitrogens is 4. The maximum Gasteiger partial charge on any atom is 0.235 e. The summed E-state index contributed by atoms with van der Waals surface area (Å²) in [5, 5.41) is 8.28. The maximum atomic E-state index is 5.38. The van der Waals surface area contributed by atoms with Gasteiger partial charge in [0.25, 0.3) is 0 Å². The van der Waals surface area contributed by atoms with Crippen LogP contribution in [0.3, 0.4) is 0 Å². The summed E-state index contributed by atoms with van der Waals surface area (Å²) in [5.74, 6) is 0.653. The number of para-hydroxylation sites is 4. The fourth-order valence-corrected chi connectivity index (χ4v) is 9.10. The van der Waals surface area contributed by atoms with Crippen molar-refractivity contribution in [2.75, 3.05) is 0 Å². The van der Waals surface area contributed by atoms with Crippen molar-refractivity contribution in [1.29, 1.82) is 0 Å². The zero-order valence-electron chi connectivity index (χ0n) is 31.4. The van der Waals surface area contributed by atoms with Gasteiger partial charge in [-0.25, -0.2) is 9.97 Å². The first kappa shape index (κ1) is 32.4. The summed E-state index contributed by atoms with van der Waals surface area (Å²) < 4.78 is 4.65. The first-order valence-corrected chi connectivity index (χ1v) is 19.8. The van der Waals surface area contributed by atoms with E-state index in [9.17, 15) is 0 Å². The fraction of sp³-hybridized carbons (Fsp3) is 0. The number of hydrogen-bond acceptors (Lipinski definition) is 2. The van der Waals surface area contributed by atoms with E-state index < -0.39 is 0 Å². The van der Waals surface area contributed by atoms with Crippen LogP contribution >= 0.6 is 0 Å². The molecule has 0 atom stereocenters. The van der Waals surface area contributed by atoms with Crippen LogP contribution in [0.2, 0.25) is 0 Å². The molecule has 12 aromatic rings. The van der Waals surface area contributed by atoms with Gasteiger partial charge >= 0.3 is 0 Å². The van der Waals surface area contributed by atoms with E-state index in [1.54, 1.807) is 0 Å². The molecule has 0 unspecified atom stereocenters. The average Bonchev–Trinajstić information content (AvgIpc) is 3.82. The second kappa shape index (κ2) is 12.9. The molecule has 0 radical (unpaired) electrons. The Balaban J connectivity index is 1.07. The molecule has 0 aliphatic carbocycles. The van der Waals surface area contributed by atoms with Gasteiger partial charge in [-0.05, 0) is 76.2 Å². The molecule has 4 nitrogen and oxygen atoms in total. The molecule has 3 aromatic heterocycles. The maximum absolute atomic E-state index is 5.38. The van der Waals surface area contributed by atoms with Crippen molar-refractivity contribution in [3.63, 3.8) is 0 Å². The first-order chi connectivity index (χ1) is 28.8. The van der Waals surface area contributed by atoms with Crippen LogP contribution in [0.15, 0.2) is 206 Å². The molecule has 58 heavy (non-hydrogen) atoms. The molecule has 0 aliphatic heterocycles. The van der Waals surface area contributed by atoms with Crippen LogP contribution in [0.1, 0.15) is 0 Å². The Morgan fingerprint density at radius 3 is 1.60 bits per heavy atom. The van der Waals surface area contributed by atoms with E-state index in [-0.39, 0.29) is 0 Å². The van der Waals surface area contributed by atoms with Gasteiger partial charge in [0.05, 0.1) is 33.3 Å². The van der Waals surface area contributed by atoms with E-state index in [2.05, 4.69) is 215 Å². The minimum Gasteiger partial charge on any atom is -0.309 e. The Hall–Kier alpha value is -7.82. The van der Waals surface area contributed by atoms with Gasteiger partial charge in [0.1, 0.15) is 0 Å². The van der Waals surface area contributed by atoms with Gasteiger partial charge in [-0.15, -0.1) is 0 Å². The second-order valence-corrected chi connectivity index (χ2v) is 15.0. The summed E-state index contributed by atoms with van der Waals surface area (Å²) in [4.78, 5) is 10.6. The smallest absolute Gasteiger partial charge is 0.235 e.